The number of carbonyl (C=O) groups excluding carboxylic acids is 1. The standard InChI is InChI=1S/C22H26N4O3S2/c1-31(28,29)16-21-24-19-7-2-3-8-20(19)26(21)15-22(27)23-18-6-4-5-17(13-18)14-25-9-11-30-12-10-25/h2-8,13H,9-12,14-16H2,1H3,(H,23,27). The lowest BCUT2D eigenvalue weighted by Gasteiger charge is -2.26. The number of anilines is 1. The maximum absolute atomic E-state index is 12.8. The van der Waals surface area contributed by atoms with E-state index in [4.69, 9.17) is 0 Å². The van der Waals surface area contributed by atoms with Crippen LogP contribution in [0.15, 0.2) is 48.5 Å². The molecule has 0 radical (unpaired) electrons. The van der Waals surface area contributed by atoms with Gasteiger partial charge in [-0.25, -0.2) is 13.4 Å². The molecule has 1 amide bonds. The number of fused-ring (bicyclic) bond motifs is 1. The van der Waals surface area contributed by atoms with Crippen molar-refractivity contribution in [2.45, 2.75) is 18.8 Å². The Hall–Kier alpha value is -2.36. The second-order valence-electron chi connectivity index (χ2n) is 7.81. The molecule has 0 aliphatic carbocycles. The molecule has 0 unspecified atom stereocenters. The maximum Gasteiger partial charge on any atom is 0.244 e. The molecule has 0 spiro atoms. The van der Waals surface area contributed by atoms with E-state index < -0.39 is 9.84 Å². The van der Waals surface area contributed by atoms with Crippen LogP contribution < -0.4 is 5.32 Å². The van der Waals surface area contributed by atoms with Crippen LogP contribution in [0, 0.1) is 0 Å². The van der Waals surface area contributed by atoms with Gasteiger partial charge in [0.15, 0.2) is 9.84 Å². The van der Waals surface area contributed by atoms with Gasteiger partial charge in [0, 0.05) is 43.1 Å². The van der Waals surface area contributed by atoms with Crippen molar-refractivity contribution < 1.29 is 13.2 Å². The Morgan fingerprint density at radius 3 is 2.68 bits per heavy atom. The molecule has 9 heteroatoms. The summed E-state index contributed by atoms with van der Waals surface area (Å²) in [5, 5.41) is 2.95. The van der Waals surface area contributed by atoms with Crippen LogP contribution >= 0.6 is 11.8 Å². The quantitative estimate of drug-likeness (QED) is 0.586. The molecule has 0 saturated carbocycles. The third kappa shape index (κ3) is 5.87. The van der Waals surface area contributed by atoms with Crippen molar-refractivity contribution in [3.05, 3.63) is 59.9 Å². The zero-order valence-electron chi connectivity index (χ0n) is 17.5. The highest BCUT2D eigenvalue weighted by Gasteiger charge is 2.17. The molecule has 1 aliphatic heterocycles. The van der Waals surface area contributed by atoms with Gasteiger partial charge in [-0.1, -0.05) is 24.3 Å². The number of amides is 1. The maximum atomic E-state index is 12.8. The predicted molar refractivity (Wildman–Crippen MR) is 126 cm³/mol. The van der Waals surface area contributed by atoms with Gasteiger partial charge in [0.25, 0.3) is 0 Å². The van der Waals surface area contributed by atoms with Crippen LogP contribution in [-0.4, -0.2) is 59.6 Å². The Labute approximate surface area is 186 Å². The van der Waals surface area contributed by atoms with Crippen molar-refractivity contribution in [2.24, 2.45) is 0 Å². The van der Waals surface area contributed by atoms with Crippen molar-refractivity contribution in [2.75, 3.05) is 36.2 Å². The zero-order chi connectivity index (χ0) is 21.8. The largest absolute Gasteiger partial charge is 0.325 e. The molecule has 0 bridgehead atoms. The average Bonchev–Trinajstić information content (AvgIpc) is 3.04. The van der Waals surface area contributed by atoms with E-state index in [0.29, 0.717) is 11.3 Å². The summed E-state index contributed by atoms with van der Waals surface area (Å²) in [7, 11) is -3.28. The minimum atomic E-state index is -3.28. The van der Waals surface area contributed by atoms with Crippen LogP contribution in [0.25, 0.3) is 11.0 Å². The van der Waals surface area contributed by atoms with E-state index >= 15 is 0 Å². The van der Waals surface area contributed by atoms with Gasteiger partial charge in [-0.05, 0) is 29.8 Å². The third-order valence-electron chi connectivity index (χ3n) is 5.15. The first-order valence-electron chi connectivity index (χ1n) is 10.2. The molecule has 2 heterocycles. The van der Waals surface area contributed by atoms with E-state index in [0.717, 1.165) is 47.9 Å². The highest BCUT2D eigenvalue weighted by molar-refractivity contribution is 7.99. The number of imidazole rings is 1. The molecule has 7 nitrogen and oxygen atoms in total. The van der Waals surface area contributed by atoms with Crippen molar-refractivity contribution in [1.29, 1.82) is 0 Å². The first-order chi connectivity index (χ1) is 14.9. The van der Waals surface area contributed by atoms with Gasteiger partial charge in [0.05, 0.1) is 11.0 Å². The van der Waals surface area contributed by atoms with Crippen molar-refractivity contribution in [3.63, 3.8) is 0 Å². The Morgan fingerprint density at radius 1 is 1.13 bits per heavy atom. The van der Waals surface area contributed by atoms with Gasteiger partial charge in [-0.2, -0.15) is 11.8 Å². The second kappa shape index (κ2) is 9.42. The van der Waals surface area contributed by atoms with Crippen LogP contribution in [0.1, 0.15) is 11.4 Å². The molecular weight excluding hydrogens is 432 g/mol. The van der Waals surface area contributed by atoms with Gasteiger partial charge in [-0.3, -0.25) is 9.69 Å². The summed E-state index contributed by atoms with van der Waals surface area (Å²) >= 11 is 1.98. The van der Waals surface area contributed by atoms with E-state index in [1.54, 1.807) is 4.57 Å². The summed E-state index contributed by atoms with van der Waals surface area (Å²) in [6, 6.07) is 15.3. The van der Waals surface area contributed by atoms with E-state index in [1.807, 2.05) is 54.2 Å². The van der Waals surface area contributed by atoms with E-state index in [1.165, 1.54) is 6.26 Å². The average molecular weight is 459 g/mol. The number of sulfone groups is 1. The van der Waals surface area contributed by atoms with E-state index in [-0.39, 0.29) is 18.2 Å². The Bertz CT molecular complexity index is 1180. The molecule has 164 valence electrons. The molecule has 1 N–H and O–H groups in total. The Kier molecular flexibility index (Phi) is 6.64. The Morgan fingerprint density at radius 2 is 1.90 bits per heavy atom. The first kappa shape index (κ1) is 21.9. The molecule has 4 rings (SSSR count). The molecule has 3 aromatic rings. The SMILES string of the molecule is CS(=O)(=O)Cc1nc2ccccc2n1CC(=O)Nc1cccc(CN2CCSCC2)c1. The highest BCUT2D eigenvalue weighted by Crippen LogP contribution is 2.19. The zero-order valence-corrected chi connectivity index (χ0v) is 19.1. The fourth-order valence-corrected chi connectivity index (χ4v) is 5.42. The monoisotopic (exact) mass is 458 g/mol. The van der Waals surface area contributed by atoms with Gasteiger partial charge < -0.3 is 9.88 Å². The number of nitrogens with one attached hydrogen (secondary N) is 1. The topological polar surface area (TPSA) is 84.3 Å². The van der Waals surface area contributed by atoms with Crippen molar-refractivity contribution in [3.8, 4) is 0 Å². The smallest absolute Gasteiger partial charge is 0.244 e. The summed E-state index contributed by atoms with van der Waals surface area (Å²) in [5.41, 5.74) is 3.32. The summed E-state index contributed by atoms with van der Waals surface area (Å²) in [4.78, 5) is 19.7. The normalized spacial score (nSPS) is 15.3. The van der Waals surface area contributed by atoms with Crippen LogP contribution in [0.3, 0.4) is 0 Å². The van der Waals surface area contributed by atoms with Crippen LogP contribution in [0.5, 0.6) is 0 Å². The van der Waals surface area contributed by atoms with E-state index in [9.17, 15) is 13.2 Å². The number of aromatic nitrogens is 2. The molecule has 1 saturated heterocycles. The van der Waals surface area contributed by atoms with Crippen LogP contribution in [-0.2, 0) is 33.5 Å². The number of rotatable bonds is 7. The van der Waals surface area contributed by atoms with Gasteiger partial charge >= 0.3 is 0 Å². The molecule has 0 atom stereocenters. The van der Waals surface area contributed by atoms with Crippen molar-refractivity contribution >= 4 is 44.2 Å². The Balaban J connectivity index is 1.49. The lowest BCUT2D eigenvalue weighted by molar-refractivity contribution is -0.116. The number of hydrogen-bond acceptors (Lipinski definition) is 6. The summed E-state index contributed by atoms with van der Waals surface area (Å²) in [5.74, 6) is 2.26. The predicted octanol–water partition coefficient (Wildman–Crippen LogP) is 2.77. The molecule has 1 aliphatic rings. The fraction of sp³-hybridized carbons (Fsp3) is 0.364. The highest BCUT2D eigenvalue weighted by atomic mass is 32.2. The van der Waals surface area contributed by atoms with Crippen LogP contribution in [0.2, 0.25) is 0 Å². The number of thioether (sulfide) groups is 1. The third-order valence-corrected chi connectivity index (χ3v) is 6.87. The summed E-state index contributed by atoms with van der Waals surface area (Å²) < 4.78 is 25.4. The number of hydrogen-bond donors (Lipinski definition) is 1. The molecule has 1 aromatic heterocycles. The van der Waals surface area contributed by atoms with Gasteiger partial charge in [0.1, 0.15) is 18.1 Å². The summed E-state index contributed by atoms with van der Waals surface area (Å²) in [6.07, 6.45) is 1.17. The first-order valence-corrected chi connectivity index (χ1v) is 13.4. The lowest BCUT2D eigenvalue weighted by atomic mass is 10.2. The lowest BCUT2D eigenvalue weighted by Crippen LogP contribution is -2.31. The number of carbonyl (C=O) groups is 1. The van der Waals surface area contributed by atoms with Gasteiger partial charge in [0.2, 0.25) is 5.91 Å². The molecule has 2 aromatic carbocycles. The number of para-hydroxylation sites is 2. The molecule has 1 fully saturated rings. The fourth-order valence-electron chi connectivity index (χ4n) is 3.76. The number of benzene rings is 2. The minimum absolute atomic E-state index is 0.00105. The van der Waals surface area contributed by atoms with Gasteiger partial charge in [-0.15, -0.1) is 0 Å². The molecule has 31 heavy (non-hydrogen) atoms. The summed E-state index contributed by atoms with van der Waals surface area (Å²) in [6.45, 7) is 3.03. The van der Waals surface area contributed by atoms with Crippen molar-refractivity contribution in [1.82, 2.24) is 14.5 Å². The van der Waals surface area contributed by atoms with Crippen LogP contribution in [0.4, 0.5) is 5.69 Å². The second-order valence-corrected chi connectivity index (χ2v) is 11.2. The minimum Gasteiger partial charge on any atom is -0.325 e. The van der Waals surface area contributed by atoms with E-state index in [2.05, 4.69) is 21.3 Å². The molecular formula is C22H26N4O3S2. The number of nitrogens with zero attached hydrogens (tertiary/aromatic N) is 3.